The molecule has 0 aliphatic heterocycles. The normalized spacial score (nSPS) is 12.3. The van der Waals surface area contributed by atoms with Crippen LogP contribution < -0.4 is 10.2 Å². The molecule has 2 amide bonds. The van der Waals surface area contributed by atoms with Crippen LogP contribution in [0.2, 0.25) is 0 Å². The predicted molar refractivity (Wildman–Crippen MR) is 103 cm³/mol. The number of aliphatic hydroxyl groups excluding tert-OH is 1. The van der Waals surface area contributed by atoms with Crippen LogP contribution in [0.25, 0.3) is 0 Å². The molecule has 0 radical (unpaired) electrons. The highest BCUT2D eigenvalue weighted by Crippen LogP contribution is 2.20. The first-order chi connectivity index (χ1) is 12.3. The lowest BCUT2D eigenvalue weighted by Gasteiger charge is -2.31. The molecule has 26 heavy (non-hydrogen) atoms. The number of rotatable bonds is 7. The van der Waals surface area contributed by atoms with Crippen LogP contribution in [0.4, 0.5) is 5.69 Å². The van der Waals surface area contributed by atoms with E-state index < -0.39 is 5.54 Å². The van der Waals surface area contributed by atoms with Gasteiger partial charge in [-0.25, -0.2) is 0 Å². The number of para-hydroxylation sites is 1. The maximum atomic E-state index is 12.8. The van der Waals surface area contributed by atoms with Gasteiger partial charge in [-0.05, 0) is 31.5 Å². The second-order valence-electron chi connectivity index (χ2n) is 6.87. The summed E-state index contributed by atoms with van der Waals surface area (Å²) < 4.78 is 0. The fourth-order valence-electron chi connectivity index (χ4n) is 2.88. The van der Waals surface area contributed by atoms with Crippen LogP contribution in [0, 0.1) is 0 Å². The molecule has 0 saturated carbocycles. The van der Waals surface area contributed by atoms with Crippen molar-refractivity contribution in [1.29, 1.82) is 0 Å². The van der Waals surface area contributed by atoms with Gasteiger partial charge in [0.25, 0.3) is 5.91 Å². The van der Waals surface area contributed by atoms with E-state index in [0.717, 1.165) is 11.3 Å². The van der Waals surface area contributed by atoms with Crippen molar-refractivity contribution in [2.24, 2.45) is 0 Å². The standard InChI is InChI=1S/C21H26N2O3/c1-21(2,20(26)23(3)18-12-8-5-9-13-18)22-19(25)14-17(15-24)16-10-6-4-7-11-16/h4-13,17,24H,14-15H2,1-3H3,(H,22,25). The number of anilines is 1. The van der Waals surface area contributed by atoms with E-state index in [1.165, 1.54) is 4.90 Å². The fraction of sp³-hybridized carbons (Fsp3) is 0.333. The van der Waals surface area contributed by atoms with Crippen LogP contribution in [-0.2, 0) is 9.59 Å². The molecule has 5 nitrogen and oxygen atoms in total. The Morgan fingerprint density at radius 2 is 1.58 bits per heavy atom. The molecule has 1 atom stereocenters. The molecule has 0 spiro atoms. The number of nitrogens with zero attached hydrogens (tertiary/aromatic N) is 1. The third-order valence-electron chi connectivity index (χ3n) is 4.36. The van der Waals surface area contributed by atoms with Crippen molar-refractivity contribution >= 4 is 17.5 Å². The van der Waals surface area contributed by atoms with Crippen molar-refractivity contribution in [3.05, 3.63) is 66.2 Å². The van der Waals surface area contributed by atoms with Crippen molar-refractivity contribution in [1.82, 2.24) is 5.32 Å². The van der Waals surface area contributed by atoms with E-state index in [9.17, 15) is 14.7 Å². The van der Waals surface area contributed by atoms with Crippen LogP contribution in [0.15, 0.2) is 60.7 Å². The minimum atomic E-state index is -1.06. The first-order valence-corrected chi connectivity index (χ1v) is 8.65. The Bertz CT molecular complexity index is 729. The zero-order valence-corrected chi connectivity index (χ0v) is 15.5. The first-order valence-electron chi connectivity index (χ1n) is 8.65. The average molecular weight is 354 g/mol. The van der Waals surface area contributed by atoms with Gasteiger partial charge in [-0.2, -0.15) is 0 Å². The summed E-state index contributed by atoms with van der Waals surface area (Å²) in [5.41, 5.74) is 0.603. The highest BCUT2D eigenvalue weighted by atomic mass is 16.3. The van der Waals surface area contributed by atoms with E-state index in [4.69, 9.17) is 0 Å². The van der Waals surface area contributed by atoms with Crippen molar-refractivity contribution < 1.29 is 14.7 Å². The predicted octanol–water partition coefficient (Wildman–Crippen LogP) is 2.71. The van der Waals surface area contributed by atoms with E-state index in [2.05, 4.69) is 5.32 Å². The fourth-order valence-corrected chi connectivity index (χ4v) is 2.88. The summed E-state index contributed by atoms with van der Waals surface area (Å²) in [6.45, 7) is 3.24. The summed E-state index contributed by atoms with van der Waals surface area (Å²) in [5, 5.41) is 12.4. The molecule has 0 saturated heterocycles. The lowest BCUT2D eigenvalue weighted by Crippen LogP contribution is -2.55. The Balaban J connectivity index is 2.03. The molecule has 2 aromatic carbocycles. The second-order valence-corrected chi connectivity index (χ2v) is 6.87. The second kappa shape index (κ2) is 8.63. The molecule has 2 N–H and O–H groups in total. The summed E-state index contributed by atoms with van der Waals surface area (Å²) in [6.07, 6.45) is 0.117. The molecule has 5 heteroatoms. The lowest BCUT2D eigenvalue weighted by atomic mass is 9.95. The van der Waals surface area contributed by atoms with Crippen LogP contribution in [0.3, 0.4) is 0 Å². The topological polar surface area (TPSA) is 69.6 Å². The molecular formula is C21H26N2O3. The van der Waals surface area contributed by atoms with Gasteiger partial charge in [-0.1, -0.05) is 48.5 Å². The summed E-state index contributed by atoms with van der Waals surface area (Å²) in [5.74, 6) is -0.779. The lowest BCUT2D eigenvalue weighted by molar-refractivity contribution is -0.130. The zero-order valence-electron chi connectivity index (χ0n) is 15.5. The Morgan fingerprint density at radius 3 is 2.12 bits per heavy atom. The molecule has 138 valence electrons. The van der Waals surface area contributed by atoms with Crippen LogP contribution in [0.5, 0.6) is 0 Å². The van der Waals surface area contributed by atoms with Gasteiger partial charge in [0.05, 0.1) is 6.61 Å². The zero-order chi connectivity index (χ0) is 19.2. The van der Waals surface area contributed by atoms with Gasteiger partial charge < -0.3 is 15.3 Å². The number of benzene rings is 2. The molecule has 2 rings (SSSR count). The highest BCUT2D eigenvalue weighted by molar-refractivity contribution is 6.01. The molecule has 2 aromatic rings. The number of nitrogens with one attached hydrogen (secondary N) is 1. The number of hydrogen-bond donors (Lipinski definition) is 2. The molecule has 0 fully saturated rings. The smallest absolute Gasteiger partial charge is 0.251 e. The molecule has 0 heterocycles. The molecule has 1 unspecified atom stereocenters. The minimum Gasteiger partial charge on any atom is -0.396 e. The third-order valence-corrected chi connectivity index (χ3v) is 4.36. The molecule has 0 aliphatic rings. The summed E-state index contributed by atoms with van der Waals surface area (Å²) in [6, 6.07) is 18.7. The Morgan fingerprint density at radius 1 is 1.04 bits per heavy atom. The number of carbonyl (C=O) groups excluding carboxylic acids is 2. The van der Waals surface area contributed by atoms with E-state index in [-0.39, 0.29) is 30.8 Å². The monoisotopic (exact) mass is 354 g/mol. The minimum absolute atomic E-state index is 0.117. The molecular weight excluding hydrogens is 328 g/mol. The summed E-state index contributed by atoms with van der Waals surface area (Å²) in [7, 11) is 1.69. The Kier molecular flexibility index (Phi) is 6.52. The van der Waals surface area contributed by atoms with Gasteiger partial charge in [0.2, 0.25) is 5.91 Å². The quantitative estimate of drug-likeness (QED) is 0.803. The van der Waals surface area contributed by atoms with Crippen molar-refractivity contribution in [2.45, 2.75) is 31.7 Å². The van der Waals surface area contributed by atoms with Crippen LogP contribution >= 0.6 is 0 Å². The maximum Gasteiger partial charge on any atom is 0.251 e. The van der Waals surface area contributed by atoms with Gasteiger partial charge in [0, 0.05) is 25.1 Å². The maximum absolute atomic E-state index is 12.8. The van der Waals surface area contributed by atoms with E-state index in [1.807, 2.05) is 60.7 Å². The summed E-state index contributed by atoms with van der Waals surface area (Å²) >= 11 is 0. The van der Waals surface area contributed by atoms with Crippen molar-refractivity contribution in [3.8, 4) is 0 Å². The van der Waals surface area contributed by atoms with Crippen molar-refractivity contribution in [3.63, 3.8) is 0 Å². The number of aliphatic hydroxyl groups is 1. The summed E-state index contributed by atoms with van der Waals surface area (Å²) in [4.78, 5) is 26.8. The van der Waals surface area contributed by atoms with Gasteiger partial charge in [0.1, 0.15) is 5.54 Å². The van der Waals surface area contributed by atoms with Crippen molar-refractivity contribution in [2.75, 3.05) is 18.6 Å². The first kappa shape index (κ1) is 19.7. The van der Waals surface area contributed by atoms with Crippen LogP contribution in [0.1, 0.15) is 31.7 Å². The SMILES string of the molecule is CN(C(=O)C(C)(C)NC(=O)CC(CO)c1ccccc1)c1ccccc1. The van der Waals surface area contributed by atoms with E-state index in [1.54, 1.807) is 20.9 Å². The largest absolute Gasteiger partial charge is 0.396 e. The Hall–Kier alpha value is -2.66. The van der Waals surface area contributed by atoms with Gasteiger partial charge in [0.15, 0.2) is 0 Å². The van der Waals surface area contributed by atoms with Crippen LogP contribution in [-0.4, -0.2) is 36.1 Å². The molecule has 0 aliphatic carbocycles. The highest BCUT2D eigenvalue weighted by Gasteiger charge is 2.33. The van der Waals surface area contributed by atoms with Gasteiger partial charge in [-0.3, -0.25) is 9.59 Å². The van der Waals surface area contributed by atoms with E-state index >= 15 is 0 Å². The number of likely N-dealkylation sites (N-methyl/N-ethyl adjacent to an activating group) is 1. The number of carbonyl (C=O) groups is 2. The molecule has 0 bridgehead atoms. The number of hydrogen-bond acceptors (Lipinski definition) is 3. The van der Waals surface area contributed by atoms with Gasteiger partial charge >= 0.3 is 0 Å². The number of amides is 2. The Labute approximate surface area is 154 Å². The average Bonchev–Trinajstić information content (AvgIpc) is 2.66. The van der Waals surface area contributed by atoms with E-state index in [0.29, 0.717) is 0 Å². The third kappa shape index (κ3) is 4.92. The van der Waals surface area contributed by atoms with Gasteiger partial charge in [-0.15, -0.1) is 0 Å². The molecule has 0 aromatic heterocycles.